The van der Waals surface area contributed by atoms with Crippen LogP contribution in [0.5, 0.6) is 0 Å². The van der Waals surface area contributed by atoms with E-state index in [2.05, 4.69) is 10.3 Å². The van der Waals surface area contributed by atoms with Gasteiger partial charge in [0.2, 0.25) is 5.91 Å². The number of aliphatic hydroxyl groups excluding tert-OH is 6. The van der Waals surface area contributed by atoms with E-state index in [0.717, 1.165) is 0 Å². The Labute approximate surface area is 243 Å². The normalized spacial score (nSPS) is 44.1. The van der Waals surface area contributed by atoms with E-state index >= 15 is 0 Å². The summed E-state index contributed by atoms with van der Waals surface area (Å²) in [6.45, 7) is 1.01. The molecule has 13 N–H and O–H groups in total. The van der Waals surface area contributed by atoms with Gasteiger partial charge >= 0.3 is 0 Å². The van der Waals surface area contributed by atoms with E-state index in [1.165, 1.54) is 14.0 Å². The summed E-state index contributed by atoms with van der Waals surface area (Å²) in [4.78, 5) is 15.7. The van der Waals surface area contributed by atoms with Crippen LogP contribution in [0.3, 0.4) is 0 Å². The average Bonchev–Trinajstić information content (AvgIpc) is 2.92. The first-order chi connectivity index (χ1) is 19.4. The van der Waals surface area contributed by atoms with Gasteiger partial charge in [0.25, 0.3) is 0 Å². The van der Waals surface area contributed by atoms with Crippen molar-refractivity contribution in [2.45, 2.75) is 113 Å². The first kappa shape index (κ1) is 36.4. The summed E-state index contributed by atoms with van der Waals surface area (Å²) in [5.41, 5.74) is 17.3. The Bertz CT molecular complexity index is 884. The fraction of sp³-hybridized carbons (Fsp3) is 0.917. The quantitative estimate of drug-likeness (QED) is 0.0810. The van der Waals surface area contributed by atoms with E-state index in [0.29, 0.717) is 0 Å². The van der Waals surface area contributed by atoms with Crippen molar-refractivity contribution < 1.29 is 63.9 Å². The number of nitrogens with two attached hydrogens (primary N) is 3. The third kappa shape index (κ3) is 7.83. The van der Waals surface area contributed by atoms with Gasteiger partial charge in [0, 0.05) is 14.0 Å². The third-order valence-corrected chi connectivity index (χ3v) is 7.39. The number of guanidine groups is 1. The molecule has 18 heteroatoms. The topological polar surface area (TPSA) is 296 Å². The van der Waals surface area contributed by atoms with E-state index in [1.54, 1.807) is 6.92 Å². The van der Waals surface area contributed by atoms with Crippen molar-refractivity contribution in [2.24, 2.45) is 22.2 Å². The first-order valence-electron chi connectivity index (χ1n) is 13.2. The Morgan fingerprint density at radius 2 is 1.36 bits per heavy atom. The van der Waals surface area contributed by atoms with Gasteiger partial charge in [0.05, 0.1) is 38.0 Å². The highest BCUT2D eigenvalue weighted by Gasteiger charge is 2.53. The molecule has 0 aromatic carbocycles. The van der Waals surface area contributed by atoms with E-state index < -0.39 is 123 Å². The van der Waals surface area contributed by atoms with Crippen LogP contribution in [0.15, 0.2) is 4.99 Å². The molecule has 3 aliphatic rings. The number of nitrogens with one attached hydrogen (secondary N) is 1. The number of amides is 1. The van der Waals surface area contributed by atoms with Gasteiger partial charge in [-0.1, -0.05) is 7.43 Å². The fourth-order valence-corrected chi connectivity index (χ4v) is 5.35. The predicted molar refractivity (Wildman–Crippen MR) is 143 cm³/mol. The summed E-state index contributed by atoms with van der Waals surface area (Å²) >= 11 is 0. The molecule has 0 aromatic rings. The lowest BCUT2D eigenvalue weighted by Crippen LogP contribution is -2.68. The highest BCUT2D eigenvalue weighted by molar-refractivity contribution is 5.76. The maximum atomic E-state index is 11.7. The molecular weight excluding hydrogens is 566 g/mol. The lowest BCUT2D eigenvalue weighted by atomic mass is 9.92. The molecule has 42 heavy (non-hydrogen) atoms. The molecule has 0 radical (unpaired) electrons. The second-order valence-electron chi connectivity index (χ2n) is 10.2. The lowest BCUT2D eigenvalue weighted by Gasteiger charge is -2.49. The largest absolute Gasteiger partial charge is 0.394 e. The van der Waals surface area contributed by atoms with E-state index in [4.69, 9.17) is 45.6 Å². The van der Waals surface area contributed by atoms with Crippen LogP contribution >= 0.6 is 0 Å². The second kappa shape index (κ2) is 15.8. The number of hydrogen-bond acceptors (Lipinski definition) is 15. The minimum atomic E-state index is -1.65. The number of carbonyl (C=O) groups excluding carboxylic acids is 1. The highest BCUT2D eigenvalue weighted by Crippen LogP contribution is 2.33. The summed E-state index contributed by atoms with van der Waals surface area (Å²) in [5, 5.41) is 65.3. The van der Waals surface area contributed by atoms with Crippen molar-refractivity contribution in [3.63, 3.8) is 0 Å². The Morgan fingerprint density at radius 1 is 0.857 bits per heavy atom. The predicted octanol–water partition coefficient (Wildman–Crippen LogP) is -5.82. The maximum absolute atomic E-state index is 11.7. The maximum Gasteiger partial charge on any atom is 0.217 e. The number of carbonyl (C=O) groups is 1. The van der Waals surface area contributed by atoms with Crippen molar-refractivity contribution in [1.29, 1.82) is 0 Å². The van der Waals surface area contributed by atoms with Crippen LogP contribution in [0, 0.1) is 0 Å². The summed E-state index contributed by atoms with van der Waals surface area (Å²) < 4.78 is 34.3. The molecule has 1 amide bonds. The van der Waals surface area contributed by atoms with E-state index in [9.17, 15) is 35.4 Å². The number of rotatable bonds is 10. The fourth-order valence-electron chi connectivity index (χ4n) is 5.35. The minimum absolute atomic E-state index is 0. The number of hydrogen-bond donors (Lipinski definition) is 10. The minimum Gasteiger partial charge on any atom is -0.394 e. The molecule has 0 saturated carbocycles. The van der Waals surface area contributed by atoms with Crippen molar-refractivity contribution >= 4 is 11.9 Å². The van der Waals surface area contributed by atoms with Crippen LogP contribution in [0.25, 0.3) is 0 Å². The molecule has 3 heterocycles. The Balaban J connectivity index is 0.00000616. The molecule has 0 spiro atoms. The molecule has 0 aliphatic carbocycles. The number of ether oxygens (including phenoxy) is 6. The SMILES string of the molecule is C.COC1C(CO)OC(OC2C(CO)OC(OC3C(CO)OC(C)C(NC(C)=O)C3O)C(N=C(N)N)C2O)C(N)C1O. The van der Waals surface area contributed by atoms with Gasteiger partial charge in [-0.3, -0.25) is 4.79 Å². The van der Waals surface area contributed by atoms with Gasteiger partial charge in [-0.15, -0.1) is 0 Å². The van der Waals surface area contributed by atoms with Crippen molar-refractivity contribution in [3.05, 3.63) is 0 Å². The van der Waals surface area contributed by atoms with Gasteiger partial charge in [0.15, 0.2) is 18.5 Å². The number of nitrogens with zero attached hydrogens (tertiary/aromatic N) is 1. The number of methoxy groups -OCH3 is 1. The molecule has 246 valence electrons. The molecule has 3 fully saturated rings. The van der Waals surface area contributed by atoms with Crippen LogP contribution in [-0.4, -0.2) is 161 Å². The average molecular weight is 614 g/mol. The molecule has 3 saturated heterocycles. The molecule has 3 aliphatic heterocycles. The number of aliphatic hydroxyl groups is 6. The molecule has 3 rings (SSSR count). The lowest BCUT2D eigenvalue weighted by molar-refractivity contribution is -0.343. The standard InChI is InChI=1S/C23H43N5O13.CH4/c1-7-13(27-8(2)32)16(34)19(10(5-30)37-7)41-22-14(28-23(25)26)17(35)20(11(6-31)39-22)40-21-12(24)15(33)18(36-3)9(4-29)38-21;/h7,9-22,29-31,33-35H,4-6,24H2,1-3H3,(H,27,32)(H4,25,26,28);1H4. The van der Waals surface area contributed by atoms with Crippen LogP contribution in [-0.2, 0) is 33.2 Å². The van der Waals surface area contributed by atoms with Gasteiger partial charge in [-0.05, 0) is 6.92 Å². The Kier molecular flexibility index (Phi) is 13.7. The van der Waals surface area contributed by atoms with Crippen LogP contribution in [0.4, 0.5) is 0 Å². The van der Waals surface area contributed by atoms with Crippen LogP contribution < -0.4 is 22.5 Å². The molecule has 0 bridgehead atoms. The molecule has 15 unspecified atom stereocenters. The number of aliphatic imine (C=N–C) groups is 1. The zero-order chi connectivity index (χ0) is 30.6. The van der Waals surface area contributed by atoms with E-state index in [1.807, 2.05) is 0 Å². The zero-order valence-electron chi connectivity index (χ0n) is 23.0. The second-order valence-corrected chi connectivity index (χ2v) is 10.2. The summed E-state index contributed by atoms with van der Waals surface area (Å²) in [7, 11) is 1.31. The van der Waals surface area contributed by atoms with Gasteiger partial charge in [-0.25, -0.2) is 4.99 Å². The van der Waals surface area contributed by atoms with Crippen LogP contribution in [0.1, 0.15) is 21.3 Å². The first-order valence-corrected chi connectivity index (χ1v) is 13.2. The molecule has 0 aromatic heterocycles. The highest BCUT2D eigenvalue weighted by atomic mass is 16.7. The van der Waals surface area contributed by atoms with Crippen molar-refractivity contribution in [3.8, 4) is 0 Å². The van der Waals surface area contributed by atoms with Gasteiger partial charge in [0.1, 0.15) is 61.0 Å². The van der Waals surface area contributed by atoms with Gasteiger partial charge in [-0.2, -0.15) is 0 Å². The Hall–Kier alpha value is -1.78. The molecular formula is C24H47N5O13. The summed E-state index contributed by atoms with van der Waals surface area (Å²) in [6.07, 6.45) is -15.1. The third-order valence-electron chi connectivity index (χ3n) is 7.39. The summed E-state index contributed by atoms with van der Waals surface area (Å²) in [6, 6.07) is -3.54. The monoisotopic (exact) mass is 613 g/mol. The van der Waals surface area contributed by atoms with E-state index in [-0.39, 0.29) is 7.43 Å². The van der Waals surface area contributed by atoms with Crippen molar-refractivity contribution in [2.75, 3.05) is 26.9 Å². The van der Waals surface area contributed by atoms with Crippen molar-refractivity contribution in [1.82, 2.24) is 5.32 Å². The molecule has 15 atom stereocenters. The zero-order valence-corrected chi connectivity index (χ0v) is 23.0. The smallest absolute Gasteiger partial charge is 0.217 e. The Morgan fingerprint density at radius 3 is 1.88 bits per heavy atom. The molecule has 18 nitrogen and oxygen atoms in total. The van der Waals surface area contributed by atoms with Crippen LogP contribution in [0.2, 0.25) is 0 Å². The van der Waals surface area contributed by atoms with Gasteiger partial charge < -0.3 is 81.6 Å². The summed E-state index contributed by atoms with van der Waals surface area (Å²) in [5.74, 6) is -0.914.